The summed E-state index contributed by atoms with van der Waals surface area (Å²) in [7, 11) is 1.71. The van der Waals surface area contributed by atoms with Crippen molar-refractivity contribution in [3.63, 3.8) is 0 Å². The summed E-state index contributed by atoms with van der Waals surface area (Å²) in [4.78, 5) is 32.9. The number of nitrogens with one attached hydrogen (secondary N) is 2. The number of ether oxygens (including phenoxy) is 1. The Labute approximate surface area is 192 Å². The summed E-state index contributed by atoms with van der Waals surface area (Å²) in [5.74, 6) is 1.70. The van der Waals surface area contributed by atoms with Crippen molar-refractivity contribution in [3.05, 3.63) is 62.3 Å². The number of hydrogen-bond acceptors (Lipinski definition) is 7. The summed E-state index contributed by atoms with van der Waals surface area (Å²) in [5.41, 5.74) is 2.70. The van der Waals surface area contributed by atoms with Gasteiger partial charge in [0.1, 0.15) is 16.0 Å². The average molecular weight is 465 g/mol. The Balaban J connectivity index is 1.33. The van der Waals surface area contributed by atoms with Crippen LogP contribution < -0.4 is 21.3 Å². The van der Waals surface area contributed by atoms with Gasteiger partial charge in [0.15, 0.2) is 0 Å². The van der Waals surface area contributed by atoms with Gasteiger partial charge in [-0.2, -0.15) is 0 Å². The van der Waals surface area contributed by atoms with Crippen LogP contribution in [0.25, 0.3) is 20.4 Å². The van der Waals surface area contributed by atoms with E-state index in [0.29, 0.717) is 40.5 Å². The number of fused-ring (bicyclic) bond motifs is 6. The number of hydrogen-bond donors (Lipinski definition) is 3. The minimum atomic E-state index is -0.447. The molecule has 170 valence electrons. The molecule has 3 atom stereocenters. The van der Waals surface area contributed by atoms with E-state index >= 15 is 0 Å². The van der Waals surface area contributed by atoms with Crippen molar-refractivity contribution >= 4 is 31.8 Å². The largest absolute Gasteiger partial charge is 0.496 e. The zero-order chi connectivity index (χ0) is 22.7. The first-order valence-corrected chi connectivity index (χ1v) is 12.0. The van der Waals surface area contributed by atoms with Crippen molar-refractivity contribution in [2.75, 3.05) is 13.7 Å². The van der Waals surface area contributed by atoms with Gasteiger partial charge in [-0.1, -0.05) is 12.1 Å². The van der Waals surface area contributed by atoms with Crippen molar-refractivity contribution in [1.29, 1.82) is 0 Å². The number of methoxy groups -OCH3 is 1. The van der Waals surface area contributed by atoms with Crippen molar-refractivity contribution < 1.29 is 9.84 Å². The standard InChI is InChI=1S/C24H24N4O4S/c1-32-16-4-2-3-14-13(16)6-5-12-11-25-15(19(12)14)9-10-28-23(30)22-21(27-24(28)31)20-17(33-22)7-8-18(29)26-20/h2-4,7-8,12,15,19,25H,5-6,9-11H2,1H3,(H,26,29)(H,27,31)/t12-,15?,19+/m0/s1. The molecule has 3 aromatic heterocycles. The number of H-pyrrole nitrogens is 1. The molecule has 8 nitrogen and oxygen atoms in total. The number of thiophene rings is 1. The van der Waals surface area contributed by atoms with Gasteiger partial charge in [-0.15, -0.1) is 11.3 Å². The quantitative estimate of drug-likeness (QED) is 0.429. The summed E-state index contributed by atoms with van der Waals surface area (Å²) in [5, 5.41) is 13.4. The molecule has 3 N–H and O–H groups in total. The third kappa shape index (κ3) is 3.18. The van der Waals surface area contributed by atoms with Gasteiger partial charge in [0.05, 0.1) is 17.3 Å². The molecule has 1 unspecified atom stereocenters. The predicted octanol–water partition coefficient (Wildman–Crippen LogP) is 2.72. The molecule has 0 amide bonds. The molecule has 6 rings (SSSR count). The third-order valence-corrected chi connectivity index (χ3v) is 8.33. The number of benzene rings is 1. The molecule has 1 aliphatic carbocycles. The number of aromatic nitrogens is 3. The van der Waals surface area contributed by atoms with E-state index in [2.05, 4.69) is 21.4 Å². The van der Waals surface area contributed by atoms with Gasteiger partial charge in [0, 0.05) is 24.6 Å². The van der Waals surface area contributed by atoms with E-state index in [4.69, 9.17) is 4.74 Å². The highest BCUT2D eigenvalue weighted by Gasteiger charge is 2.40. The van der Waals surface area contributed by atoms with Gasteiger partial charge in [0.2, 0.25) is 5.88 Å². The summed E-state index contributed by atoms with van der Waals surface area (Å²) in [6.45, 7) is 1.28. The van der Waals surface area contributed by atoms with E-state index in [1.54, 1.807) is 13.2 Å². The number of rotatable bonds is 4. The Morgan fingerprint density at radius 1 is 1.27 bits per heavy atom. The topological polar surface area (TPSA) is 109 Å². The minimum Gasteiger partial charge on any atom is -0.496 e. The zero-order valence-electron chi connectivity index (χ0n) is 18.1. The molecule has 4 heterocycles. The molecule has 1 saturated heterocycles. The fourth-order valence-electron chi connectivity index (χ4n) is 5.70. The molecule has 0 radical (unpaired) electrons. The lowest BCUT2D eigenvalue weighted by Gasteiger charge is -2.32. The predicted molar refractivity (Wildman–Crippen MR) is 128 cm³/mol. The molecule has 33 heavy (non-hydrogen) atoms. The number of aromatic amines is 1. The molecule has 1 aliphatic heterocycles. The van der Waals surface area contributed by atoms with Crippen LogP contribution in [0.3, 0.4) is 0 Å². The van der Waals surface area contributed by atoms with E-state index in [-0.39, 0.29) is 17.5 Å². The van der Waals surface area contributed by atoms with Crippen molar-refractivity contribution in [2.45, 2.75) is 37.8 Å². The van der Waals surface area contributed by atoms with Gasteiger partial charge >= 0.3 is 5.69 Å². The van der Waals surface area contributed by atoms with E-state index in [1.165, 1.54) is 33.1 Å². The van der Waals surface area contributed by atoms with Crippen molar-refractivity contribution in [1.82, 2.24) is 19.9 Å². The lowest BCUT2D eigenvalue weighted by molar-refractivity contribution is 0.371. The summed E-state index contributed by atoms with van der Waals surface area (Å²) in [6.07, 6.45) is 2.80. The van der Waals surface area contributed by atoms with E-state index in [9.17, 15) is 14.7 Å². The van der Waals surface area contributed by atoms with Gasteiger partial charge in [-0.25, -0.2) is 9.78 Å². The maximum atomic E-state index is 13.2. The van der Waals surface area contributed by atoms with Gasteiger partial charge in [0.25, 0.3) is 5.56 Å². The Bertz CT molecular complexity index is 1500. The van der Waals surface area contributed by atoms with E-state index < -0.39 is 5.69 Å². The Morgan fingerprint density at radius 2 is 2.15 bits per heavy atom. The first-order chi connectivity index (χ1) is 16.0. The molecule has 4 aromatic rings. The molecule has 0 bridgehead atoms. The maximum Gasteiger partial charge on any atom is 0.328 e. The smallest absolute Gasteiger partial charge is 0.328 e. The minimum absolute atomic E-state index is 0.140. The second kappa shape index (κ2) is 7.71. The Kier molecular flexibility index (Phi) is 4.77. The highest BCUT2D eigenvalue weighted by atomic mass is 32.1. The number of pyridine rings is 1. The van der Waals surface area contributed by atoms with Crippen LogP contribution in [-0.4, -0.2) is 39.3 Å². The van der Waals surface area contributed by atoms with Crippen LogP contribution in [0, 0.1) is 5.92 Å². The third-order valence-electron chi connectivity index (χ3n) is 7.20. The van der Waals surface area contributed by atoms with Crippen molar-refractivity contribution in [3.8, 4) is 11.6 Å². The molecule has 1 fully saturated rings. The van der Waals surface area contributed by atoms with Crippen LogP contribution >= 0.6 is 11.3 Å². The number of nitrogens with zero attached hydrogens (tertiary/aromatic N) is 2. The number of aromatic hydroxyl groups is 1. The fraction of sp³-hybridized carbons (Fsp3) is 0.375. The monoisotopic (exact) mass is 464 g/mol. The highest BCUT2D eigenvalue weighted by Crippen LogP contribution is 2.45. The normalized spacial score (nSPS) is 21.9. The summed E-state index contributed by atoms with van der Waals surface area (Å²) in [6, 6.07) is 9.63. The van der Waals surface area contributed by atoms with Gasteiger partial charge in [-0.3, -0.25) is 9.36 Å². The van der Waals surface area contributed by atoms with Crippen LogP contribution in [0.1, 0.15) is 29.9 Å². The summed E-state index contributed by atoms with van der Waals surface area (Å²) >= 11 is 1.28. The SMILES string of the molecule is COc1cccc2c1CC[C@H]1CNC(CCn3c(=O)[nH]c4c(sc5ccc(O)nc54)c3=O)[C@@H]21. The van der Waals surface area contributed by atoms with Gasteiger partial charge < -0.3 is 20.1 Å². The first kappa shape index (κ1) is 20.4. The molecular formula is C24H24N4O4S. The van der Waals surface area contributed by atoms with Crippen LogP contribution in [0.2, 0.25) is 0 Å². The molecule has 0 spiro atoms. The Morgan fingerprint density at radius 3 is 3.00 bits per heavy atom. The van der Waals surface area contributed by atoms with Crippen molar-refractivity contribution in [2.24, 2.45) is 5.92 Å². The Hall–Kier alpha value is -3.17. The van der Waals surface area contributed by atoms with Crippen LogP contribution in [-0.2, 0) is 13.0 Å². The van der Waals surface area contributed by atoms with Crippen LogP contribution in [0.5, 0.6) is 11.6 Å². The summed E-state index contributed by atoms with van der Waals surface area (Å²) < 4.78 is 8.10. The lowest BCUT2D eigenvalue weighted by Crippen LogP contribution is -2.37. The highest BCUT2D eigenvalue weighted by molar-refractivity contribution is 7.25. The molecule has 0 saturated carbocycles. The zero-order valence-corrected chi connectivity index (χ0v) is 18.9. The molecule has 1 aromatic carbocycles. The molecular weight excluding hydrogens is 440 g/mol. The fourth-order valence-corrected chi connectivity index (χ4v) is 6.74. The van der Waals surface area contributed by atoms with E-state index in [0.717, 1.165) is 29.8 Å². The maximum absolute atomic E-state index is 13.2. The average Bonchev–Trinajstić information content (AvgIpc) is 3.40. The van der Waals surface area contributed by atoms with Crippen LogP contribution in [0.15, 0.2) is 39.9 Å². The second-order valence-corrected chi connectivity index (χ2v) is 9.92. The van der Waals surface area contributed by atoms with Crippen LogP contribution in [0.4, 0.5) is 0 Å². The van der Waals surface area contributed by atoms with Gasteiger partial charge in [-0.05, 0) is 55.0 Å². The first-order valence-electron chi connectivity index (χ1n) is 11.2. The van der Waals surface area contributed by atoms with E-state index in [1.807, 2.05) is 12.1 Å². The second-order valence-electron chi connectivity index (χ2n) is 8.87. The molecule has 9 heteroatoms. The molecule has 2 aliphatic rings. The lowest BCUT2D eigenvalue weighted by atomic mass is 9.73.